The smallest absolute Gasteiger partial charge is 0.0649 e. The molecule has 0 fully saturated rings. The molecule has 20 heavy (non-hydrogen) atoms. The number of fused-ring (bicyclic) bond motifs is 1. The monoisotopic (exact) mass is 306 g/mol. The number of anilines is 3. The number of halogens is 2. The molecule has 0 unspecified atom stereocenters. The number of hydrogen-bond acceptors (Lipinski definition) is 2. The lowest BCUT2D eigenvalue weighted by Gasteiger charge is -2.37. The second kappa shape index (κ2) is 5.55. The molecule has 0 aromatic heterocycles. The Balaban J connectivity index is 2.12. The Labute approximate surface area is 129 Å². The zero-order valence-corrected chi connectivity index (χ0v) is 12.8. The lowest BCUT2D eigenvalue weighted by atomic mass is 10.1. The molecule has 4 heteroatoms. The van der Waals surface area contributed by atoms with E-state index in [2.05, 4.69) is 41.1 Å². The summed E-state index contributed by atoms with van der Waals surface area (Å²) in [7, 11) is 2.12. The van der Waals surface area contributed by atoms with Gasteiger partial charge in [-0.2, -0.15) is 0 Å². The highest BCUT2D eigenvalue weighted by Crippen LogP contribution is 2.39. The second-order valence-electron chi connectivity index (χ2n) is 4.97. The van der Waals surface area contributed by atoms with Gasteiger partial charge in [0.25, 0.3) is 0 Å². The summed E-state index contributed by atoms with van der Waals surface area (Å²) in [5.74, 6) is 0.487. The van der Waals surface area contributed by atoms with Crippen LogP contribution < -0.4 is 9.80 Å². The van der Waals surface area contributed by atoms with Gasteiger partial charge in [0.2, 0.25) is 0 Å². The van der Waals surface area contributed by atoms with Gasteiger partial charge in [0.1, 0.15) is 0 Å². The van der Waals surface area contributed by atoms with Crippen LogP contribution in [0.3, 0.4) is 0 Å². The molecule has 0 N–H and O–H groups in total. The molecule has 2 nitrogen and oxygen atoms in total. The SMILES string of the molecule is CN1CCN(c2cc(Cl)ccc2CCl)c2ccccc21. The Kier molecular flexibility index (Phi) is 3.77. The third-order valence-electron chi connectivity index (χ3n) is 3.72. The summed E-state index contributed by atoms with van der Waals surface area (Å²) in [5, 5.41) is 0.741. The first kappa shape index (κ1) is 13.6. The van der Waals surface area contributed by atoms with Crippen molar-refractivity contribution in [2.24, 2.45) is 0 Å². The maximum absolute atomic E-state index is 6.17. The summed E-state index contributed by atoms with van der Waals surface area (Å²) in [5.41, 5.74) is 4.65. The minimum absolute atomic E-state index is 0.487. The summed E-state index contributed by atoms with van der Waals surface area (Å²) >= 11 is 12.2. The number of alkyl halides is 1. The Hall–Kier alpha value is -1.38. The molecule has 104 valence electrons. The van der Waals surface area contributed by atoms with Crippen LogP contribution in [0, 0.1) is 0 Å². The van der Waals surface area contributed by atoms with E-state index >= 15 is 0 Å². The van der Waals surface area contributed by atoms with E-state index in [0.717, 1.165) is 29.4 Å². The van der Waals surface area contributed by atoms with E-state index in [9.17, 15) is 0 Å². The summed E-state index contributed by atoms with van der Waals surface area (Å²) < 4.78 is 0. The van der Waals surface area contributed by atoms with Gasteiger partial charge in [0.05, 0.1) is 11.4 Å². The molecule has 0 saturated carbocycles. The van der Waals surface area contributed by atoms with Crippen molar-refractivity contribution in [3.8, 4) is 0 Å². The molecule has 0 saturated heterocycles. The first-order valence-electron chi connectivity index (χ1n) is 6.63. The first-order chi connectivity index (χ1) is 9.70. The summed E-state index contributed by atoms with van der Waals surface area (Å²) in [6, 6.07) is 14.3. The van der Waals surface area contributed by atoms with Gasteiger partial charge >= 0.3 is 0 Å². The Bertz CT molecular complexity index is 628. The van der Waals surface area contributed by atoms with Crippen molar-refractivity contribution in [2.45, 2.75) is 5.88 Å². The van der Waals surface area contributed by atoms with Crippen LogP contribution in [-0.2, 0) is 5.88 Å². The average molecular weight is 307 g/mol. The number of para-hydroxylation sites is 2. The quantitative estimate of drug-likeness (QED) is 0.744. The second-order valence-corrected chi connectivity index (χ2v) is 5.67. The standard InChI is InChI=1S/C16H16Cl2N2/c1-19-8-9-20(15-5-3-2-4-14(15)19)16-10-13(18)7-6-12(16)11-17/h2-7,10H,8-9,11H2,1H3. The largest absolute Gasteiger partial charge is 0.371 e. The van der Waals surface area contributed by atoms with E-state index in [4.69, 9.17) is 23.2 Å². The van der Waals surface area contributed by atoms with Crippen LogP contribution in [0.2, 0.25) is 5.02 Å². The van der Waals surface area contributed by atoms with Gasteiger partial charge in [-0.3, -0.25) is 0 Å². The maximum Gasteiger partial charge on any atom is 0.0649 e. The van der Waals surface area contributed by atoms with E-state index in [1.165, 1.54) is 11.4 Å². The lowest BCUT2D eigenvalue weighted by molar-refractivity contribution is 0.820. The van der Waals surface area contributed by atoms with Crippen molar-refractivity contribution in [1.82, 2.24) is 0 Å². The minimum atomic E-state index is 0.487. The number of hydrogen-bond donors (Lipinski definition) is 0. The first-order valence-corrected chi connectivity index (χ1v) is 7.54. The van der Waals surface area contributed by atoms with Crippen LogP contribution in [0.15, 0.2) is 42.5 Å². The van der Waals surface area contributed by atoms with Gasteiger partial charge in [-0.05, 0) is 29.8 Å². The molecular weight excluding hydrogens is 291 g/mol. The van der Waals surface area contributed by atoms with Crippen LogP contribution in [-0.4, -0.2) is 20.1 Å². The number of rotatable bonds is 2. The third kappa shape index (κ3) is 2.34. The van der Waals surface area contributed by atoms with Crippen molar-refractivity contribution in [1.29, 1.82) is 0 Å². The summed E-state index contributed by atoms with van der Waals surface area (Å²) in [6.07, 6.45) is 0. The molecule has 2 aromatic carbocycles. The molecule has 0 spiro atoms. The Morgan fingerprint density at radius 2 is 1.75 bits per heavy atom. The van der Waals surface area contributed by atoms with Gasteiger partial charge < -0.3 is 9.80 Å². The van der Waals surface area contributed by atoms with Crippen molar-refractivity contribution in [2.75, 3.05) is 29.9 Å². The Morgan fingerprint density at radius 3 is 2.50 bits per heavy atom. The summed E-state index contributed by atoms with van der Waals surface area (Å²) in [4.78, 5) is 4.58. The number of nitrogens with zero attached hydrogens (tertiary/aromatic N) is 2. The molecule has 1 heterocycles. The molecule has 0 atom stereocenters. The zero-order valence-electron chi connectivity index (χ0n) is 11.3. The lowest BCUT2D eigenvalue weighted by Crippen LogP contribution is -2.36. The highest BCUT2D eigenvalue weighted by atomic mass is 35.5. The molecule has 2 aromatic rings. The molecule has 0 bridgehead atoms. The Morgan fingerprint density at radius 1 is 1.00 bits per heavy atom. The van der Waals surface area contributed by atoms with E-state index in [1.54, 1.807) is 0 Å². The van der Waals surface area contributed by atoms with E-state index in [-0.39, 0.29) is 0 Å². The van der Waals surface area contributed by atoms with Crippen LogP contribution >= 0.6 is 23.2 Å². The van der Waals surface area contributed by atoms with Gasteiger partial charge in [-0.25, -0.2) is 0 Å². The highest BCUT2D eigenvalue weighted by molar-refractivity contribution is 6.31. The van der Waals surface area contributed by atoms with Crippen molar-refractivity contribution in [3.05, 3.63) is 53.1 Å². The van der Waals surface area contributed by atoms with E-state index in [0.29, 0.717) is 5.88 Å². The fourth-order valence-electron chi connectivity index (χ4n) is 2.66. The molecule has 0 amide bonds. The van der Waals surface area contributed by atoms with Crippen molar-refractivity contribution >= 4 is 40.3 Å². The third-order valence-corrected chi connectivity index (χ3v) is 4.25. The van der Waals surface area contributed by atoms with Crippen molar-refractivity contribution < 1.29 is 0 Å². The number of benzene rings is 2. The molecule has 1 aliphatic heterocycles. The molecule has 1 aliphatic rings. The fraction of sp³-hybridized carbons (Fsp3) is 0.250. The molecule has 3 rings (SSSR count). The normalized spacial score (nSPS) is 14.3. The van der Waals surface area contributed by atoms with Crippen LogP contribution in [0.1, 0.15) is 5.56 Å². The van der Waals surface area contributed by atoms with Crippen molar-refractivity contribution in [3.63, 3.8) is 0 Å². The molecular formula is C16H16Cl2N2. The van der Waals surface area contributed by atoms with Crippen LogP contribution in [0.25, 0.3) is 0 Å². The zero-order chi connectivity index (χ0) is 14.1. The van der Waals surface area contributed by atoms with E-state index < -0.39 is 0 Å². The fourth-order valence-corrected chi connectivity index (χ4v) is 3.05. The minimum Gasteiger partial charge on any atom is -0.371 e. The predicted molar refractivity (Wildman–Crippen MR) is 87.7 cm³/mol. The van der Waals surface area contributed by atoms with Gasteiger partial charge in [0, 0.05) is 36.7 Å². The van der Waals surface area contributed by atoms with Gasteiger partial charge in [0.15, 0.2) is 0 Å². The van der Waals surface area contributed by atoms with Crippen LogP contribution in [0.5, 0.6) is 0 Å². The average Bonchev–Trinajstić information content (AvgIpc) is 2.48. The summed E-state index contributed by atoms with van der Waals surface area (Å²) in [6.45, 7) is 1.91. The topological polar surface area (TPSA) is 6.48 Å². The maximum atomic E-state index is 6.17. The number of likely N-dealkylation sites (N-methyl/N-ethyl adjacent to an activating group) is 1. The molecule has 0 aliphatic carbocycles. The highest BCUT2D eigenvalue weighted by Gasteiger charge is 2.22. The molecule has 0 radical (unpaired) electrons. The van der Waals surface area contributed by atoms with Crippen LogP contribution in [0.4, 0.5) is 17.1 Å². The van der Waals surface area contributed by atoms with Gasteiger partial charge in [-0.15, -0.1) is 11.6 Å². The predicted octanol–water partition coefficient (Wildman–Crippen LogP) is 4.67. The van der Waals surface area contributed by atoms with E-state index in [1.807, 2.05) is 18.2 Å². The van der Waals surface area contributed by atoms with Gasteiger partial charge in [-0.1, -0.05) is 29.8 Å².